The molecule has 2 atom stereocenters. The molecule has 0 rings (SSSR count). The van der Waals surface area contributed by atoms with E-state index in [2.05, 4.69) is 6.92 Å². The number of ether oxygens (including phenoxy) is 1. The van der Waals surface area contributed by atoms with Gasteiger partial charge in [-0.25, -0.2) is 13.0 Å². The first kappa shape index (κ1) is 38.0. The Morgan fingerprint density at radius 2 is 1.18 bits per heavy atom. The number of rotatable bonds is 28. The maximum atomic E-state index is 12.6. The molecule has 8 nitrogen and oxygen atoms in total. The molecule has 0 aromatic rings. The number of hydrogen-bond acceptors (Lipinski definition) is 6. The predicted molar refractivity (Wildman–Crippen MR) is 158 cm³/mol. The maximum Gasteiger partial charge on any atom is 0.472 e. The van der Waals surface area contributed by atoms with Crippen LogP contribution in [-0.4, -0.2) is 82.9 Å². The fraction of sp³-hybridized carbons (Fsp3) is 1.00. The first-order valence-corrected chi connectivity index (χ1v) is 18.5. The summed E-state index contributed by atoms with van der Waals surface area (Å²) in [5.74, 6) is -0.121. The van der Waals surface area contributed by atoms with Crippen LogP contribution < -0.4 is 0 Å². The lowest BCUT2D eigenvalue weighted by molar-refractivity contribution is -0.870. The molecule has 0 aliphatic carbocycles. The highest BCUT2D eigenvalue weighted by atomic mass is 32.2. The van der Waals surface area contributed by atoms with Gasteiger partial charge in [-0.1, -0.05) is 103 Å². The van der Waals surface area contributed by atoms with E-state index in [0.717, 1.165) is 19.3 Å². The number of quaternary nitrogens is 1. The molecule has 0 aromatic heterocycles. The van der Waals surface area contributed by atoms with Gasteiger partial charge >= 0.3 is 7.82 Å². The standard InChI is InChI=1S/C28H60NO7PS/c1-6-8-9-10-11-12-13-14-15-16-17-18-19-20-21-22-25-38(32,33)27-28(34-7-2)26-36-37(30,31)35-24-23-29(3,4)5/h28H,6-27H2,1-5H3/p+1. The molecule has 2 unspecified atom stereocenters. The Labute approximate surface area is 235 Å². The van der Waals surface area contributed by atoms with Crippen LogP contribution in [0.5, 0.6) is 0 Å². The zero-order chi connectivity index (χ0) is 28.8. The first-order valence-electron chi connectivity index (χ1n) is 15.1. The van der Waals surface area contributed by atoms with Gasteiger partial charge in [0.05, 0.1) is 45.4 Å². The lowest BCUT2D eigenvalue weighted by Gasteiger charge is -2.24. The maximum absolute atomic E-state index is 12.6. The summed E-state index contributed by atoms with van der Waals surface area (Å²) in [6.07, 6.45) is 19.1. The second-order valence-corrected chi connectivity index (χ2v) is 15.3. The van der Waals surface area contributed by atoms with Crippen molar-refractivity contribution >= 4 is 17.7 Å². The number of hydrogen-bond donors (Lipinski definition) is 1. The Kier molecular flexibility index (Phi) is 22.6. The molecule has 0 radical (unpaired) electrons. The first-order chi connectivity index (χ1) is 17.9. The number of nitrogens with zero attached hydrogens (tertiary/aromatic N) is 1. The Hall–Kier alpha value is -0.0200. The molecule has 230 valence electrons. The van der Waals surface area contributed by atoms with Crippen LogP contribution in [0.2, 0.25) is 0 Å². The van der Waals surface area contributed by atoms with Crippen LogP contribution in [0, 0.1) is 0 Å². The molecule has 38 heavy (non-hydrogen) atoms. The van der Waals surface area contributed by atoms with Crippen LogP contribution in [0.4, 0.5) is 0 Å². The molecule has 0 saturated carbocycles. The summed E-state index contributed by atoms with van der Waals surface area (Å²) in [4.78, 5) is 9.89. The second kappa shape index (κ2) is 22.6. The van der Waals surface area contributed by atoms with E-state index >= 15 is 0 Å². The topological polar surface area (TPSA) is 99.1 Å². The lowest BCUT2D eigenvalue weighted by atomic mass is 10.0. The molecule has 10 heteroatoms. The number of likely N-dealkylation sites (N-methyl/N-ethyl adjacent to an activating group) is 1. The van der Waals surface area contributed by atoms with Crippen LogP contribution in [0.15, 0.2) is 0 Å². The molecule has 0 aromatic carbocycles. The fourth-order valence-electron chi connectivity index (χ4n) is 4.26. The van der Waals surface area contributed by atoms with Crippen LogP contribution >= 0.6 is 7.82 Å². The molecule has 0 spiro atoms. The van der Waals surface area contributed by atoms with Gasteiger partial charge in [0.15, 0.2) is 9.84 Å². The van der Waals surface area contributed by atoms with Crippen LogP contribution in [-0.2, 0) is 28.2 Å². The second-order valence-electron chi connectivity index (χ2n) is 11.6. The average molecular weight is 587 g/mol. The normalized spacial score (nSPS) is 15.0. The van der Waals surface area contributed by atoms with Crippen LogP contribution in [0.1, 0.15) is 117 Å². The predicted octanol–water partition coefficient (Wildman–Crippen LogP) is 6.91. The number of unbranched alkanes of at least 4 members (excludes halogenated alkanes) is 15. The Morgan fingerprint density at radius 3 is 1.61 bits per heavy atom. The lowest BCUT2D eigenvalue weighted by Crippen LogP contribution is -2.37. The summed E-state index contributed by atoms with van der Waals surface area (Å²) in [6, 6.07) is 0. The van der Waals surface area contributed by atoms with Crippen molar-refractivity contribution in [3.8, 4) is 0 Å². The van der Waals surface area contributed by atoms with E-state index in [4.69, 9.17) is 13.8 Å². The summed E-state index contributed by atoms with van der Waals surface area (Å²) >= 11 is 0. The molecule has 0 heterocycles. The van der Waals surface area contributed by atoms with Gasteiger partial charge in [0.25, 0.3) is 0 Å². The minimum atomic E-state index is -4.26. The monoisotopic (exact) mass is 586 g/mol. The Balaban J connectivity index is 3.92. The van der Waals surface area contributed by atoms with E-state index in [0.29, 0.717) is 24.1 Å². The van der Waals surface area contributed by atoms with Gasteiger partial charge in [0.1, 0.15) is 13.2 Å². The van der Waals surface area contributed by atoms with Crippen molar-refractivity contribution in [2.75, 3.05) is 59.0 Å². The van der Waals surface area contributed by atoms with E-state index in [9.17, 15) is 17.9 Å². The van der Waals surface area contributed by atoms with Crippen molar-refractivity contribution in [1.82, 2.24) is 0 Å². The SMILES string of the molecule is CCCCCCCCCCCCCCCCCCS(=O)(=O)CC(COP(=O)(O)OCC[N+](C)(C)C)OCC. The third-order valence-electron chi connectivity index (χ3n) is 6.59. The molecule has 0 aliphatic rings. The van der Waals surface area contributed by atoms with Gasteiger partial charge in [-0.2, -0.15) is 0 Å². The average Bonchev–Trinajstić information content (AvgIpc) is 2.81. The van der Waals surface area contributed by atoms with E-state index in [1.165, 1.54) is 77.0 Å². The largest absolute Gasteiger partial charge is 0.472 e. The molecule has 1 N–H and O–H groups in total. The highest BCUT2D eigenvalue weighted by Gasteiger charge is 2.27. The minimum Gasteiger partial charge on any atom is -0.375 e. The number of phosphoric ester groups is 1. The third kappa shape index (κ3) is 26.2. The van der Waals surface area contributed by atoms with Crippen molar-refractivity contribution < 1.29 is 36.1 Å². The van der Waals surface area contributed by atoms with E-state index < -0.39 is 23.8 Å². The third-order valence-corrected chi connectivity index (χ3v) is 9.37. The van der Waals surface area contributed by atoms with Crippen molar-refractivity contribution in [1.29, 1.82) is 0 Å². The van der Waals surface area contributed by atoms with E-state index in [1.807, 2.05) is 21.1 Å². The number of sulfone groups is 1. The Bertz CT molecular complexity index is 698. The van der Waals surface area contributed by atoms with Gasteiger partial charge < -0.3 is 14.1 Å². The van der Waals surface area contributed by atoms with Gasteiger partial charge in [-0.3, -0.25) is 9.05 Å². The van der Waals surface area contributed by atoms with E-state index in [-0.39, 0.29) is 24.7 Å². The molecule has 0 bridgehead atoms. The molecular weight excluding hydrogens is 525 g/mol. The summed E-state index contributed by atoms with van der Waals surface area (Å²) < 4.78 is 53.3. The van der Waals surface area contributed by atoms with Crippen molar-refractivity contribution in [2.45, 2.75) is 123 Å². The van der Waals surface area contributed by atoms with Crippen LogP contribution in [0.3, 0.4) is 0 Å². The number of phosphoric acid groups is 1. The zero-order valence-electron chi connectivity index (χ0n) is 25.3. The minimum absolute atomic E-state index is 0.0636. The van der Waals surface area contributed by atoms with Gasteiger partial charge in [-0.15, -0.1) is 0 Å². The van der Waals surface area contributed by atoms with Crippen molar-refractivity contribution in [3.63, 3.8) is 0 Å². The van der Waals surface area contributed by atoms with Crippen LogP contribution in [0.25, 0.3) is 0 Å². The van der Waals surface area contributed by atoms with E-state index in [1.54, 1.807) is 6.92 Å². The molecule has 0 aliphatic heterocycles. The quantitative estimate of drug-likeness (QED) is 0.0604. The summed E-state index contributed by atoms with van der Waals surface area (Å²) in [7, 11) is -1.77. The summed E-state index contributed by atoms with van der Waals surface area (Å²) in [6.45, 7) is 4.61. The van der Waals surface area contributed by atoms with Crippen molar-refractivity contribution in [2.24, 2.45) is 0 Å². The fourth-order valence-corrected chi connectivity index (χ4v) is 6.57. The molecule has 0 fully saturated rings. The van der Waals surface area contributed by atoms with Crippen molar-refractivity contribution in [3.05, 3.63) is 0 Å². The van der Waals surface area contributed by atoms with Gasteiger partial charge in [0.2, 0.25) is 0 Å². The zero-order valence-corrected chi connectivity index (χ0v) is 27.0. The highest BCUT2D eigenvalue weighted by Crippen LogP contribution is 2.43. The summed E-state index contributed by atoms with van der Waals surface area (Å²) in [5.41, 5.74) is 0. The van der Waals surface area contributed by atoms with Gasteiger partial charge in [-0.05, 0) is 13.3 Å². The smallest absolute Gasteiger partial charge is 0.375 e. The molecular formula is C28H61NO7PS+. The summed E-state index contributed by atoms with van der Waals surface area (Å²) in [5, 5.41) is 0. The van der Waals surface area contributed by atoms with Gasteiger partial charge in [0, 0.05) is 6.61 Å². The Morgan fingerprint density at radius 1 is 0.737 bits per heavy atom. The highest BCUT2D eigenvalue weighted by molar-refractivity contribution is 7.91. The molecule has 0 saturated heterocycles. The molecule has 0 amide bonds.